The van der Waals surface area contributed by atoms with Crippen molar-refractivity contribution in [2.24, 2.45) is 0 Å². The van der Waals surface area contributed by atoms with Crippen LogP contribution in [0.5, 0.6) is 0 Å². The molecule has 1 unspecified atom stereocenters. The third-order valence-corrected chi connectivity index (χ3v) is 3.92. The predicted octanol–water partition coefficient (Wildman–Crippen LogP) is 1.28. The Kier molecular flexibility index (Phi) is 4.23. The van der Waals surface area contributed by atoms with E-state index in [0.717, 1.165) is 23.7 Å². The monoisotopic (exact) mass is 253 g/mol. The third kappa shape index (κ3) is 3.33. The van der Waals surface area contributed by atoms with Gasteiger partial charge < -0.3 is 5.32 Å². The molecule has 0 radical (unpaired) electrons. The van der Waals surface area contributed by atoms with Crippen LogP contribution < -0.4 is 5.32 Å². The highest BCUT2D eigenvalue weighted by molar-refractivity contribution is 7.99. The summed E-state index contributed by atoms with van der Waals surface area (Å²) in [5, 5.41) is 7.67. The summed E-state index contributed by atoms with van der Waals surface area (Å²) in [5.74, 6) is 2.25. The molecule has 0 amide bonds. The van der Waals surface area contributed by atoms with Gasteiger partial charge in [-0.25, -0.2) is 0 Å². The number of aromatic nitrogens is 2. The van der Waals surface area contributed by atoms with Gasteiger partial charge in [0.05, 0.1) is 18.2 Å². The van der Waals surface area contributed by atoms with Crippen LogP contribution in [-0.4, -0.2) is 39.7 Å². The van der Waals surface area contributed by atoms with Gasteiger partial charge in [-0.2, -0.15) is 16.9 Å². The fourth-order valence-electron chi connectivity index (χ4n) is 1.83. The van der Waals surface area contributed by atoms with Crippen molar-refractivity contribution in [1.29, 1.82) is 0 Å². The van der Waals surface area contributed by atoms with Crippen LogP contribution in [0.4, 0.5) is 0 Å². The van der Waals surface area contributed by atoms with Gasteiger partial charge in [-0.1, -0.05) is 0 Å². The van der Waals surface area contributed by atoms with Gasteiger partial charge in [0.2, 0.25) is 0 Å². The van der Waals surface area contributed by atoms with Gasteiger partial charge in [-0.05, 0) is 19.9 Å². The van der Waals surface area contributed by atoms with E-state index in [0.29, 0.717) is 12.5 Å². The van der Waals surface area contributed by atoms with Crippen LogP contribution in [-0.2, 0) is 11.2 Å². The second-order valence-corrected chi connectivity index (χ2v) is 5.76. The first-order chi connectivity index (χ1) is 8.16. The topological polar surface area (TPSA) is 46.9 Å². The molecule has 1 fully saturated rings. The highest BCUT2D eigenvalue weighted by Gasteiger charge is 2.21. The molecule has 1 saturated heterocycles. The highest BCUT2D eigenvalue weighted by Crippen LogP contribution is 2.11. The Labute approximate surface area is 106 Å². The van der Waals surface area contributed by atoms with E-state index in [1.54, 1.807) is 0 Å². The number of carbonyl (C=O) groups excluding carboxylic acids is 1. The maximum Gasteiger partial charge on any atom is 0.156 e. The lowest BCUT2D eigenvalue weighted by Crippen LogP contribution is -2.44. The van der Waals surface area contributed by atoms with E-state index >= 15 is 0 Å². The molecule has 5 heteroatoms. The molecule has 2 rings (SSSR count). The van der Waals surface area contributed by atoms with E-state index in [1.165, 1.54) is 0 Å². The van der Waals surface area contributed by atoms with Gasteiger partial charge in [-0.15, -0.1) is 0 Å². The molecule has 1 aliphatic heterocycles. The van der Waals surface area contributed by atoms with E-state index < -0.39 is 0 Å². The molecule has 2 heterocycles. The van der Waals surface area contributed by atoms with E-state index in [1.807, 2.05) is 28.7 Å². The summed E-state index contributed by atoms with van der Waals surface area (Å²) in [4.78, 5) is 12.0. The Morgan fingerprint density at radius 3 is 3.12 bits per heavy atom. The molecule has 1 atom stereocenters. The number of nitrogens with one attached hydrogen (secondary N) is 1. The average Bonchev–Trinajstić information content (AvgIpc) is 2.79. The molecule has 1 aromatic rings. The molecule has 0 bridgehead atoms. The van der Waals surface area contributed by atoms with Gasteiger partial charge in [0, 0.05) is 30.3 Å². The quantitative estimate of drug-likeness (QED) is 0.878. The van der Waals surface area contributed by atoms with Crippen LogP contribution in [0, 0.1) is 0 Å². The van der Waals surface area contributed by atoms with Crippen molar-refractivity contribution in [3.63, 3.8) is 0 Å². The lowest BCUT2D eigenvalue weighted by atomic mass is 10.1. The molecule has 0 aromatic carbocycles. The number of rotatable bonds is 4. The molecule has 0 aliphatic carbocycles. The third-order valence-electron chi connectivity index (χ3n) is 2.86. The average molecular weight is 253 g/mol. The molecule has 4 nitrogen and oxygen atoms in total. The fourth-order valence-corrected chi connectivity index (χ4v) is 2.80. The van der Waals surface area contributed by atoms with Crippen molar-refractivity contribution in [2.75, 3.05) is 18.1 Å². The number of nitrogens with zero attached hydrogens (tertiary/aromatic N) is 2. The first kappa shape index (κ1) is 12.6. The summed E-state index contributed by atoms with van der Waals surface area (Å²) >= 11 is 1.84. The summed E-state index contributed by atoms with van der Waals surface area (Å²) < 4.78 is 1.89. The summed E-state index contributed by atoms with van der Waals surface area (Å²) in [6.45, 7) is 5.09. The zero-order chi connectivity index (χ0) is 12.3. The molecular formula is C12H19N3OS. The van der Waals surface area contributed by atoms with E-state index in [-0.39, 0.29) is 11.8 Å². The van der Waals surface area contributed by atoms with Gasteiger partial charge in [0.25, 0.3) is 0 Å². The zero-order valence-electron chi connectivity index (χ0n) is 10.3. The summed E-state index contributed by atoms with van der Waals surface area (Å²) in [6.07, 6.45) is 2.38. The van der Waals surface area contributed by atoms with Gasteiger partial charge >= 0.3 is 0 Å². The molecule has 1 aromatic heterocycles. The van der Waals surface area contributed by atoms with Crippen LogP contribution in [0.3, 0.4) is 0 Å². The number of carbonyl (C=O) groups is 1. The largest absolute Gasteiger partial charge is 0.306 e. The standard InChI is InChI=1S/C12H19N3OS/c1-9(2)15-5-3-10(14-15)7-12(16)11-8-17-6-4-13-11/h3,5,9,11,13H,4,6-8H2,1-2H3. The van der Waals surface area contributed by atoms with Crippen LogP contribution in [0.2, 0.25) is 0 Å². The van der Waals surface area contributed by atoms with Gasteiger partial charge in [0.1, 0.15) is 0 Å². The summed E-state index contributed by atoms with van der Waals surface area (Å²) in [6, 6.07) is 2.30. The van der Waals surface area contributed by atoms with Crippen molar-refractivity contribution in [3.05, 3.63) is 18.0 Å². The second kappa shape index (κ2) is 5.69. The molecule has 0 spiro atoms. The van der Waals surface area contributed by atoms with Crippen LogP contribution in [0.15, 0.2) is 12.3 Å². The fraction of sp³-hybridized carbons (Fsp3) is 0.667. The Balaban J connectivity index is 1.92. The Bertz CT molecular complexity index is 383. The van der Waals surface area contributed by atoms with E-state index in [4.69, 9.17) is 0 Å². The lowest BCUT2D eigenvalue weighted by molar-refractivity contribution is -0.120. The van der Waals surface area contributed by atoms with E-state index in [2.05, 4.69) is 24.3 Å². The second-order valence-electron chi connectivity index (χ2n) is 4.61. The Hall–Kier alpha value is -0.810. The zero-order valence-corrected chi connectivity index (χ0v) is 11.2. The molecule has 1 N–H and O–H groups in total. The lowest BCUT2D eigenvalue weighted by Gasteiger charge is -2.21. The molecule has 0 saturated carbocycles. The van der Waals surface area contributed by atoms with E-state index in [9.17, 15) is 4.79 Å². The summed E-state index contributed by atoms with van der Waals surface area (Å²) in [7, 11) is 0. The van der Waals surface area contributed by atoms with Crippen molar-refractivity contribution in [2.45, 2.75) is 32.4 Å². The maximum absolute atomic E-state index is 12.0. The molecule has 94 valence electrons. The molecule has 17 heavy (non-hydrogen) atoms. The van der Waals surface area contributed by atoms with Crippen molar-refractivity contribution >= 4 is 17.5 Å². The smallest absolute Gasteiger partial charge is 0.156 e. The SMILES string of the molecule is CC(C)n1ccc(CC(=O)C2CSCCN2)n1. The first-order valence-electron chi connectivity index (χ1n) is 6.04. The van der Waals surface area contributed by atoms with Crippen molar-refractivity contribution < 1.29 is 4.79 Å². The number of hydrogen-bond acceptors (Lipinski definition) is 4. The Morgan fingerprint density at radius 1 is 1.71 bits per heavy atom. The number of Topliss-reactive ketones (excluding diaryl/α,β-unsaturated/α-hetero) is 1. The van der Waals surface area contributed by atoms with Gasteiger partial charge in [0.15, 0.2) is 5.78 Å². The number of ketones is 1. The maximum atomic E-state index is 12.0. The van der Waals surface area contributed by atoms with Crippen LogP contribution >= 0.6 is 11.8 Å². The minimum absolute atomic E-state index is 0.0120. The number of hydrogen-bond donors (Lipinski definition) is 1. The minimum atomic E-state index is 0.0120. The highest BCUT2D eigenvalue weighted by atomic mass is 32.2. The van der Waals surface area contributed by atoms with Crippen LogP contribution in [0.1, 0.15) is 25.6 Å². The van der Waals surface area contributed by atoms with Crippen molar-refractivity contribution in [3.8, 4) is 0 Å². The van der Waals surface area contributed by atoms with Crippen LogP contribution in [0.25, 0.3) is 0 Å². The normalized spacial score (nSPS) is 20.8. The molecule has 1 aliphatic rings. The first-order valence-corrected chi connectivity index (χ1v) is 7.20. The minimum Gasteiger partial charge on any atom is -0.306 e. The van der Waals surface area contributed by atoms with Gasteiger partial charge in [-0.3, -0.25) is 9.48 Å². The number of thioether (sulfide) groups is 1. The molecular weight excluding hydrogens is 234 g/mol. The Morgan fingerprint density at radius 2 is 2.53 bits per heavy atom. The van der Waals surface area contributed by atoms with Crippen molar-refractivity contribution in [1.82, 2.24) is 15.1 Å². The predicted molar refractivity (Wildman–Crippen MR) is 70.4 cm³/mol. The summed E-state index contributed by atoms with van der Waals surface area (Å²) in [5.41, 5.74) is 0.876.